The highest BCUT2D eigenvalue weighted by Crippen LogP contribution is 2.24. The zero-order valence-electron chi connectivity index (χ0n) is 14.5. The zero-order valence-corrected chi connectivity index (χ0v) is 16.1. The van der Waals surface area contributed by atoms with Gasteiger partial charge in [-0.05, 0) is 35.9 Å². The first kappa shape index (κ1) is 19.6. The van der Waals surface area contributed by atoms with E-state index in [2.05, 4.69) is 15.2 Å². The van der Waals surface area contributed by atoms with Crippen molar-refractivity contribution < 1.29 is 13.2 Å². The zero-order chi connectivity index (χ0) is 20.0. The van der Waals surface area contributed by atoms with Crippen LogP contribution in [0.3, 0.4) is 0 Å². The van der Waals surface area contributed by atoms with E-state index in [0.29, 0.717) is 0 Å². The molecule has 0 unspecified atom stereocenters. The number of hydrogen-bond acceptors (Lipinski definition) is 4. The second-order valence-corrected chi connectivity index (χ2v) is 7.81. The van der Waals surface area contributed by atoms with Crippen molar-refractivity contribution in [3.63, 3.8) is 0 Å². The van der Waals surface area contributed by atoms with Crippen molar-refractivity contribution in [3.8, 4) is 0 Å². The third-order valence-corrected chi connectivity index (χ3v) is 5.40. The minimum Gasteiger partial charge on any atom is -0.278 e. The number of nitrogens with zero attached hydrogens (tertiary/aromatic N) is 1. The molecule has 0 heterocycles. The molecule has 3 rings (SSSR count). The van der Waals surface area contributed by atoms with Gasteiger partial charge in [0.15, 0.2) is 0 Å². The van der Waals surface area contributed by atoms with Crippen molar-refractivity contribution in [2.45, 2.75) is 4.90 Å². The third kappa shape index (κ3) is 4.97. The average Bonchev–Trinajstić information content (AvgIpc) is 2.70. The summed E-state index contributed by atoms with van der Waals surface area (Å²) in [5.74, 6) is -0.526. The van der Waals surface area contributed by atoms with E-state index < -0.39 is 15.9 Å². The molecule has 0 aromatic heterocycles. The third-order valence-electron chi connectivity index (χ3n) is 3.70. The van der Waals surface area contributed by atoms with Gasteiger partial charge in [-0.1, -0.05) is 60.1 Å². The van der Waals surface area contributed by atoms with Crippen LogP contribution < -0.4 is 10.1 Å². The lowest BCUT2D eigenvalue weighted by Crippen LogP contribution is -2.19. The van der Waals surface area contributed by atoms with Crippen LogP contribution in [0.2, 0.25) is 5.02 Å². The summed E-state index contributed by atoms with van der Waals surface area (Å²) in [6.07, 6.45) is 1.50. The first-order valence-corrected chi connectivity index (χ1v) is 10.1. The predicted octanol–water partition coefficient (Wildman–Crippen LogP) is 3.90. The van der Waals surface area contributed by atoms with Gasteiger partial charge in [-0.2, -0.15) is 5.10 Å². The van der Waals surface area contributed by atoms with Gasteiger partial charge in [0.05, 0.1) is 21.8 Å². The number of sulfonamides is 1. The van der Waals surface area contributed by atoms with E-state index in [1.165, 1.54) is 30.5 Å². The molecule has 0 saturated carbocycles. The summed E-state index contributed by atoms with van der Waals surface area (Å²) in [6, 6.07) is 21.4. The number of rotatable bonds is 6. The summed E-state index contributed by atoms with van der Waals surface area (Å²) in [4.78, 5) is 12.2. The van der Waals surface area contributed by atoms with Crippen LogP contribution in [0.1, 0.15) is 15.9 Å². The maximum absolute atomic E-state index is 12.6. The van der Waals surface area contributed by atoms with Gasteiger partial charge in [-0.25, -0.2) is 13.8 Å². The Morgan fingerprint density at radius 1 is 0.929 bits per heavy atom. The van der Waals surface area contributed by atoms with E-state index in [9.17, 15) is 13.2 Å². The fourth-order valence-corrected chi connectivity index (χ4v) is 3.69. The standard InChI is InChI=1S/C20H16ClN3O3S/c21-18-11-4-5-12-19(18)24-28(26,27)17-10-6-9-16(13-17)20(25)23-22-14-15-7-2-1-3-8-15/h1-14,24H,(H,23,25)/b22-14-. The molecule has 0 spiro atoms. The fourth-order valence-electron chi connectivity index (χ4n) is 2.32. The second-order valence-electron chi connectivity index (χ2n) is 5.72. The Hall–Kier alpha value is -3.16. The van der Waals surface area contributed by atoms with E-state index in [1.807, 2.05) is 30.3 Å². The quantitative estimate of drug-likeness (QED) is 0.474. The molecule has 6 nitrogen and oxygen atoms in total. The van der Waals surface area contributed by atoms with Gasteiger partial charge < -0.3 is 0 Å². The number of carbonyl (C=O) groups is 1. The van der Waals surface area contributed by atoms with Gasteiger partial charge >= 0.3 is 0 Å². The molecule has 0 radical (unpaired) electrons. The minimum atomic E-state index is -3.91. The monoisotopic (exact) mass is 413 g/mol. The minimum absolute atomic E-state index is 0.0629. The number of hydrazone groups is 1. The van der Waals surface area contributed by atoms with E-state index >= 15 is 0 Å². The molecule has 3 aromatic rings. The Morgan fingerprint density at radius 3 is 2.39 bits per heavy atom. The lowest BCUT2D eigenvalue weighted by molar-refractivity contribution is 0.0955. The number of carbonyl (C=O) groups excluding carboxylic acids is 1. The number of benzene rings is 3. The molecule has 0 atom stereocenters. The summed E-state index contributed by atoms with van der Waals surface area (Å²) in [6.45, 7) is 0. The smallest absolute Gasteiger partial charge is 0.271 e. The van der Waals surface area contributed by atoms with Crippen LogP contribution in [0, 0.1) is 0 Å². The van der Waals surface area contributed by atoms with Gasteiger partial charge in [-0.3, -0.25) is 9.52 Å². The van der Waals surface area contributed by atoms with Crippen molar-refractivity contribution in [2.75, 3.05) is 4.72 Å². The summed E-state index contributed by atoms with van der Waals surface area (Å²) in [7, 11) is -3.91. The molecule has 8 heteroatoms. The lowest BCUT2D eigenvalue weighted by atomic mass is 10.2. The molecule has 0 saturated heterocycles. The molecule has 0 aliphatic rings. The van der Waals surface area contributed by atoms with Crippen molar-refractivity contribution in [1.29, 1.82) is 0 Å². The number of amides is 1. The number of nitrogens with one attached hydrogen (secondary N) is 2. The molecule has 0 bridgehead atoms. The molecular formula is C20H16ClN3O3S. The highest BCUT2D eigenvalue weighted by molar-refractivity contribution is 7.92. The number of hydrogen-bond donors (Lipinski definition) is 2. The van der Waals surface area contributed by atoms with E-state index in [-0.39, 0.29) is 21.2 Å². The maximum atomic E-state index is 12.6. The van der Waals surface area contributed by atoms with Crippen molar-refractivity contribution in [2.24, 2.45) is 5.10 Å². The maximum Gasteiger partial charge on any atom is 0.271 e. The first-order valence-electron chi connectivity index (χ1n) is 8.21. The first-order chi connectivity index (χ1) is 13.5. The molecule has 0 aliphatic carbocycles. The highest BCUT2D eigenvalue weighted by Gasteiger charge is 2.17. The SMILES string of the molecule is O=C(N/N=C\c1ccccc1)c1cccc(S(=O)(=O)Nc2ccccc2Cl)c1. The van der Waals surface area contributed by atoms with Crippen LogP contribution >= 0.6 is 11.6 Å². The Morgan fingerprint density at radius 2 is 1.64 bits per heavy atom. The topological polar surface area (TPSA) is 87.6 Å². The summed E-state index contributed by atoms with van der Waals surface area (Å²) in [5, 5.41) is 4.16. The van der Waals surface area contributed by atoms with E-state index in [0.717, 1.165) is 5.56 Å². The predicted molar refractivity (Wildman–Crippen MR) is 110 cm³/mol. The largest absolute Gasteiger partial charge is 0.278 e. The number of anilines is 1. The number of para-hydroxylation sites is 1. The van der Waals surface area contributed by atoms with Crippen LogP contribution in [-0.2, 0) is 10.0 Å². The Labute approximate surface area is 167 Å². The summed E-state index contributed by atoms with van der Waals surface area (Å²) < 4.78 is 27.6. The van der Waals surface area contributed by atoms with E-state index in [1.54, 1.807) is 24.3 Å². The molecule has 1 amide bonds. The van der Waals surface area contributed by atoms with Crippen LogP contribution in [0.15, 0.2) is 88.9 Å². The second kappa shape index (κ2) is 8.69. The number of halogens is 1. The van der Waals surface area contributed by atoms with Crippen LogP contribution in [0.25, 0.3) is 0 Å². The molecular weight excluding hydrogens is 398 g/mol. The Bertz CT molecular complexity index is 1120. The van der Waals surface area contributed by atoms with E-state index in [4.69, 9.17) is 11.6 Å². The summed E-state index contributed by atoms with van der Waals surface area (Å²) >= 11 is 6.00. The molecule has 0 fully saturated rings. The van der Waals surface area contributed by atoms with Gasteiger partial charge in [-0.15, -0.1) is 0 Å². The normalized spacial score (nSPS) is 11.3. The van der Waals surface area contributed by atoms with Gasteiger partial charge in [0.25, 0.3) is 15.9 Å². The lowest BCUT2D eigenvalue weighted by Gasteiger charge is -2.10. The van der Waals surface area contributed by atoms with Gasteiger partial charge in [0.1, 0.15) is 0 Å². The van der Waals surface area contributed by atoms with Crippen LogP contribution in [0.4, 0.5) is 5.69 Å². The van der Waals surface area contributed by atoms with Crippen LogP contribution in [-0.4, -0.2) is 20.5 Å². The van der Waals surface area contributed by atoms with Gasteiger partial charge in [0.2, 0.25) is 0 Å². The molecule has 0 aliphatic heterocycles. The highest BCUT2D eigenvalue weighted by atomic mass is 35.5. The Kier molecular flexibility index (Phi) is 6.08. The van der Waals surface area contributed by atoms with Crippen molar-refractivity contribution >= 4 is 39.4 Å². The van der Waals surface area contributed by atoms with Crippen molar-refractivity contribution in [1.82, 2.24) is 5.43 Å². The van der Waals surface area contributed by atoms with Crippen molar-refractivity contribution in [3.05, 3.63) is 95.0 Å². The molecule has 3 aromatic carbocycles. The summed E-state index contributed by atoms with van der Waals surface area (Å²) in [5.41, 5.74) is 3.62. The van der Waals surface area contributed by atoms with Gasteiger partial charge in [0, 0.05) is 5.56 Å². The molecule has 2 N–H and O–H groups in total. The molecule has 28 heavy (non-hydrogen) atoms. The van der Waals surface area contributed by atoms with Crippen LogP contribution in [0.5, 0.6) is 0 Å². The Balaban J connectivity index is 1.75. The average molecular weight is 414 g/mol. The fraction of sp³-hybridized carbons (Fsp3) is 0. The molecule has 142 valence electrons.